The molecule has 5 N–H and O–H groups in total. The monoisotopic (exact) mass is 760 g/mol. The van der Waals surface area contributed by atoms with E-state index in [2.05, 4.69) is 15.5 Å². The Hall–Kier alpha value is -4.89. The molecule has 6 rings (SSSR count). The maximum absolute atomic E-state index is 13.3. The molecule has 2 aliphatic heterocycles. The summed E-state index contributed by atoms with van der Waals surface area (Å²) in [6.07, 6.45) is 7.14. The van der Waals surface area contributed by atoms with Crippen LogP contribution in [0.3, 0.4) is 0 Å². The van der Waals surface area contributed by atoms with Crippen LogP contribution in [0, 0.1) is 0 Å². The average Bonchev–Trinajstić information content (AvgIpc) is 3.78. The molecule has 2 fully saturated rings. The molecule has 0 unspecified atom stereocenters. The van der Waals surface area contributed by atoms with E-state index in [1.54, 1.807) is 34.5 Å². The smallest absolute Gasteiger partial charge is 0.356 e. The third-order valence-corrected chi connectivity index (χ3v) is 9.56. The minimum atomic E-state index is -4.92. The number of hydrogen-bond donors (Lipinski definition) is 4. The van der Waals surface area contributed by atoms with Gasteiger partial charge in [-0.25, -0.2) is 18.2 Å². The molecule has 20 heteroatoms. The van der Waals surface area contributed by atoms with E-state index in [1.165, 1.54) is 11.8 Å². The number of carbonyl (C=O) groups excluding carboxylic acids is 3. The number of carbonyl (C=O) groups is 4. The first kappa shape index (κ1) is 37.4. The van der Waals surface area contributed by atoms with Crippen molar-refractivity contribution in [2.75, 3.05) is 18.1 Å². The first-order valence-electron chi connectivity index (χ1n) is 15.3. The van der Waals surface area contributed by atoms with Crippen molar-refractivity contribution in [2.24, 2.45) is 5.16 Å². The summed E-state index contributed by atoms with van der Waals surface area (Å²) in [5, 5.41) is 18.6. The molecule has 3 aromatic rings. The number of fused-ring (bicyclic) bond motifs is 1. The Morgan fingerprint density at radius 2 is 1.84 bits per heavy atom. The van der Waals surface area contributed by atoms with Gasteiger partial charge in [0.2, 0.25) is 22.7 Å². The number of aromatic nitrogens is 2. The van der Waals surface area contributed by atoms with E-state index in [9.17, 15) is 24.3 Å². The highest BCUT2D eigenvalue weighted by Gasteiger charge is 2.55. The molecule has 51 heavy (non-hydrogen) atoms. The van der Waals surface area contributed by atoms with Gasteiger partial charge in [0.1, 0.15) is 36.2 Å². The quantitative estimate of drug-likeness (QED) is 0.0298. The van der Waals surface area contributed by atoms with E-state index in [0.29, 0.717) is 5.56 Å². The number of rotatable bonds is 12. The normalized spacial score (nSPS) is 18.9. The topological polar surface area (TPSA) is 255 Å². The number of carboxylic acid groups (broad SMARTS) is 1. The summed E-state index contributed by atoms with van der Waals surface area (Å²) < 4.78 is 40.5. The number of anilines is 1. The molecule has 2 atom stereocenters. The number of oxime groups is 1. The van der Waals surface area contributed by atoms with Gasteiger partial charge in [0.05, 0.1) is 5.75 Å². The van der Waals surface area contributed by atoms with Gasteiger partial charge in [-0.15, -0.1) is 23.1 Å². The predicted molar refractivity (Wildman–Crippen MR) is 180 cm³/mol. The zero-order valence-electron chi connectivity index (χ0n) is 26.6. The summed E-state index contributed by atoms with van der Waals surface area (Å²) in [6, 6.07) is 10.9. The van der Waals surface area contributed by atoms with E-state index in [-0.39, 0.29) is 58.8 Å². The van der Waals surface area contributed by atoms with Gasteiger partial charge in [-0.2, -0.15) is 4.57 Å². The van der Waals surface area contributed by atoms with Gasteiger partial charge in [-0.05, 0) is 25.7 Å². The SMILES string of the molecule is Nc1nc(/C(=N/OC2CCCC2)C(=O)N[C@@H]2C(=O)N3C(C(=O)O)=C(CSc4cc[n+](CC(=O)c5ccccc5)cc4)OC[C@H]23)cs1.O=S(=O)([O-])O. The highest BCUT2D eigenvalue weighted by atomic mass is 32.3. The predicted octanol–water partition coefficient (Wildman–Crippen LogP) is 1.38. The fraction of sp³-hybridized carbons (Fsp3) is 0.323. The highest BCUT2D eigenvalue weighted by Crippen LogP contribution is 2.35. The third kappa shape index (κ3) is 9.88. The van der Waals surface area contributed by atoms with E-state index < -0.39 is 40.3 Å². The zero-order valence-corrected chi connectivity index (χ0v) is 29.1. The Morgan fingerprint density at radius 1 is 1.18 bits per heavy atom. The second-order valence-corrected chi connectivity index (χ2v) is 14.1. The number of nitrogen functional groups attached to an aromatic ring is 1. The van der Waals surface area contributed by atoms with Crippen LogP contribution >= 0.6 is 23.1 Å². The summed E-state index contributed by atoms with van der Waals surface area (Å²) >= 11 is 2.47. The van der Waals surface area contributed by atoms with Gasteiger partial charge in [0, 0.05) is 28.0 Å². The second kappa shape index (κ2) is 16.4. The lowest BCUT2D eigenvalue weighted by Crippen LogP contribution is -2.73. The lowest BCUT2D eigenvalue weighted by Gasteiger charge is -2.49. The number of ketones is 1. The fourth-order valence-electron chi connectivity index (χ4n) is 5.48. The number of nitrogens with zero attached hydrogens (tertiary/aromatic N) is 4. The number of Topliss-reactive ketones (excluding diaryl/α,β-unsaturated/α-hetero) is 1. The molecule has 0 bridgehead atoms. The van der Waals surface area contributed by atoms with Crippen molar-refractivity contribution in [1.82, 2.24) is 15.2 Å². The molecule has 0 radical (unpaired) electrons. The number of benzene rings is 1. The number of nitrogens with two attached hydrogens (primary N) is 1. The van der Waals surface area contributed by atoms with Crippen LogP contribution in [0.5, 0.6) is 0 Å². The average molecular weight is 761 g/mol. The van der Waals surface area contributed by atoms with Crippen LogP contribution in [0.25, 0.3) is 0 Å². The Balaban J connectivity index is 0.000000943. The van der Waals surface area contributed by atoms with Crippen LogP contribution in [-0.4, -0.2) is 92.3 Å². The number of carboxylic acids is 1. The second-order valence-electron chi connectivity index (χ2n) is 11.3. The van der Waals surface area contributed by atoms with Gasteiger partial charge < -0.3 is 30.3 Å². The summed E-state index contributed by atoms with van der Waals surface area (Å²) in [4.78, 5) is 63.1. The van der Waals surface area contributed by atoms with Gasteiger partial charge >= 0.3 is 5.97 Å². The maximum atomic E-state index is 13.3. The van der Waals surface area contributed by atoms with Gasteiger partial charge in [-0.1, -0.05) is 35.5 Å². The molecule has 1 saturated heterocycles. The van der Waals surface area contributed by atoms with Crippen molar-refractivity contribution >= 4 is 67.9 Å². The molecule has 1 aromatic carbocycles. The number of β-lactam (4-membered cyclic amide) rings is 1. The maximum Gasteiger partial charge on any atom is 0.356 e. The van der Waals surface area contributed by atoms with Crippen molar-refractivity contribution < 1.29 is 55.9 Å². The van der Waals surface area contributed by atoms with E-state index in [4.69, 9.17) is 32.8 Å². The molecular formula is C31H32N6O11S3. The van der Waals surface area contributed by atoms with Crippen LogP contribution < -0.4 is 15.6 Å². The van der Waals surface area contributed by atoms with Crippen molar-refractivity contribution in [1.29, 1.82) is 0 Å². The highest BCUT2D eigenvalue weighted by molar-refractivity contribution is 7.99. The number of ether oxygens (including phenoxy) is 1. The molecule has 2 amide bonds. The van der Waals surface area contributed by atoms with E-state index in [0.717, 1.165) is 46.8 Å². The number of aliphatic carboxylic acids is 1. The van der Waals surface area contributed by atoms with E-state index >= 15 is 0 Å². The fourth-order valence-corrected chi connectivity index (χ4v) is 6.86. The lowest BCUT2D eigenvalue weighted by atomic mass is 9.92. The summed E-state index contributed by atoms with van der Waals surface area (Å²) in [5.74, 6) is -2.28. The first-order chi connectivity index (χ1) is 24.3. The largest absolute Gasteiger partial charge is 0.726 e. The molecule has 270 valence electrons. The van der Waals surface area contributed by atoms with Crippen LogP contribution in [-0.2, 0) is 40.9 Å². The molecule has 4 heterocycles. The minimum Gasteiger partial charge on any atom is -0.726 e. The Labute approximate surface area is 299 Å². The Morgan fingerprint density at radius 3 is 2.45 bits per heavy atom. The molecule has 1 saturated carbocycles. The van der Waals surface area contributed by atoms with Gasteiger partial charge in [0.15, 0.2) is 28.9 Å². The third-order valence-electron chi connectivity index (χ3n) is 7.87. The Kier molecular flexibility index (Phi) is 12.0. The number of amides is 2. The minimum absolute atomic E-state index is 0.00551. The number of nitrogens with one attached hydrogen (secondary N) is 1. The standard InChI is InChI=1S/C31H30N6O7S2.H2O4S/c32-31-33-21(16-46-31)25(35-44-19-8-4-5-9-19)28(39)34-26-22-15-43-24(27(30(41)42)37(22)29(26)40)17-45-20-10-12-36(13-11-20)14-23(38)18-6-2-1-3-7-18;1-5(2,3)4/h1-3,6-7,10-13,16,19,22,26H,4-5,8-9,14-15,17H2,(H3-,32,33,34,39,41,42);(H2,1,2,3,4)/b35-25-;/t22-,26+;/m1./s1. The lowest BCUT2D eigenvalue weighted by molar-refractivity contribution is -0.683. The Bertz CT molecular complexity index is 1940. The van der Waals surface area contributed by atoms with Crippen molar-refractivity contribution in [3.63, 3.8) is 0 Å². The molecule has 17 nitrogen and oxygen atoms in total. The number of thiazole rings is 1. The first-order valence-corrected chi connectivity index (χ1v) is 18.6. The summed E-state index contributed by atoms with van der Waals surface area (Å²) in [6.45, 7) is 0.176. The van der Waals surface area contributed by atoms with Crippen LogP contribution in [0.2, 0.25) is 0 Å². The number of pyridine rings is 1. The molecular weight excluding hydrogens is 729 g/mol. The number of thioether (sulfide) groups is 1. The molecule has 1 aliphatic carbocycles. The summed E-state index contributed by atoms with van der Waals surface area (Å²) in [5.41, 5.74) is 6.25. The summed E-state index contributed by atoms with van der Waals surface area (Å²) in [7, 11) is -4.92. The number of hydrogen-bond acceptors (Lipinski definition) is 14. The van der Waals surface area contributed by atoms with Crippen molar-refractivity contribution in [3.8, 4) is 0 Å². The van der Waals surface area contributed by atoms with Crippen LogP contribution in [0.1, 0.15) is 41.7 Å². The van der Waals surface area contributed by atoms with Crippen molar-refractivity contribution in [3.05, 3.63) is 83.0 Å². The van der Waals surface area contributed by atoms with E-state index in [1.807, 2.05) is 30.3 Å². The van der Waals surface area contributed by atoms with Gasteiger partial charge in [0.25, 0.3) is 11.8 Å². The molecule has 0 spiro atoms. The van der Waals surface area contributed by atoms with Gasteiger partial charge in [-0.3, -0.25) is 23.8 Å². The van der Waals surface area contributed by atoms with Crippen LogP contribution in [0.4, 0.5) is 5.13 Å². The van der Waals surface area contributed by atoms with Crippen LogP contribution in [0.15, 0.2) is 81.7 Å². The molecule has 3 aliphatic rings. The van der Waals surface area contributed by atoms with Crippen molar-refractivity contribution in [2.45, 2.75) is 55.3 Å². The molecule has 2 aromatic heterocycles. The zero-order chi connectivity index (χ0) is 36.7.